The van der Waals surface area contributed by atoms with Crippen LogP contribution in [0.5, 0.6) is 0 Å². The maximum absolute atomic E-state index is 13.1. The van der Waals surface area contributed by atoms with E-state index in [1.807, 2.05) is 0 Å². The monoisotopic (exact) mass is 440 g/mol. The molecule has 2 aromatic carbocycles. The van der Waals surface area contributed by atoms with Gasteiger partial charge in [-0.15, -0.1) is 0 Å². The summed E-state index contributed by atoms with van der Waals surface area (Å²) >= 11 is 0. The van der Waals surface area contributed by atoms with Crippen LogP contribution in [0.2, 0.25) is 0 Å². The predicted octanol–water partition coefficient (Wildman–Crippen LogP) is 6.62. The number of alkyl halides is 6. The molecule has 0 aliphatic rings. The Morgan fingerprint density at radius 2 is 0.968 bits per heavy atom. The maximum atomic E-state index is 13.1. The zero-order chi connectivity index (χ0) is 23.4. The Morgan fingerprint density at radius 1 is 0.645 bits per heavy atom. The van der Waals surface area contributed by atoms with Gasteiger partial charge in [-0.1, -0.05) is 48.6 Å². The third-order valence-corrected chi connectivity index (χ3v) is 4.59. The Balaban J connectivity index is 2.25. The Bertz CT molecular complexity index is 945. The van der Waals surface area contributed by atoms with Gasteiger partial charge >= 0.3 is 12.4 Å². The van der Waals surface area contributed by atoms with Crippen LogP contribution in [0, 0.1) is 5.41 Å². The van der Waals surface area contributed by atoms with Crippen molar-refractivity contribution in [2.75, 3.05) is 0 Å². The minimum Gasteiger partial charge on any atom is -0.294 e. The van der Waals surface area contributed by atoms with E-state index in [0.29, 0.717) is 0 Å². The summed E-state index contributed by atoms with van der Waals surface area (Å²) in [6.07, 6.45) is -5.60. The Kier molecular flexibility index (Phi) is 6.93. The van der Waals surface area contributed by atoms with Gasteiger partial charge in [0.15, 0.2) is 11.6 Å². The van der Waals surface area contributed by atoms with E-state index in [1.54, 1.807) is 0 Å². The summed E-state index contributed by atoms with van der Waals surface area (Å²) in [6, 6.07) is 9.23. The number of allylic oxidation sites excluding steroid dienone is 2. The first-order valence-corrected chi connectivity index (χ1v) is 9.02. The van der Waals surface area contributed by atoms with Gasteiger partial charge in [0.05, 0.1) is 16.5 Å². The van der Waals surface area contributed by atoms with Gasteiger partial charge in [-0.3, -0.25) is 9.59 Å². The maximum Gasteiger partial charge on any atom is 0.416 e. The summed E-state index contributed by atoms with van der Waals surface area (Å²) in [4.78, 5) is 25.0. The van der Waals surface area contributed by atoms with Crippen LogP contribution in [0.25, 0.3) is 12.2 Å². The first kappa shape index (κ1) is 24.1. The van der Waals surface area contributed by atoms with Crippen LogP contribution < -0.4 is 0 Å². The van der Waals surface area contributed by atoms with E-state index in [2.05, 4.69) is 0 Å². The van der Waals surface area contributed by atoms with Crippen molar-refractivity contribution in [1.82, 2.24) is 0 Å². The second kappa shape index (κ2) is 8.91. The largest absolute Gasteiger partial charge is 0.416 e. The first-order chi connectivity index (χ1) is 14.2. The van der Waals surface area contributed by atoms with Crippen LogP contribution in [-0.4, -0.2) is 11.6 Å². The molecule has 2 nitrogen and oxygen atoms in total. The lowest BCUT2D eigenvalue weighted by Crippen LogP contribution is -2.31. The summed E-state index contributed by atoms with van der Waals surface area (Å²) in [5.41, 5.74) is -4.06. The molecule has 0 radical (unpaired) electrons. The number of hydrogen-bond donors (Lipinski definition) is 0. The fourth-order valence-corrected chi connectivity index (χ4v) is 2.67. The molecule has 0 spiro atoms. The molecule has 0 amide bonds. The first-order valence-electron chi connectivity index (χ1n) is 9.02. The highest BCUT2D eigenvalue weighted by atomic mass is 19.4. The van der Waals surface area contributed by atoms with E-state index >= 15 is 0 Å². The quantitative estimate of drug-likeness (QED) is 0.288. The third kappa shape index (κ3) is 5.93. The van der Waals surface area contributed by atoms with Crippen molar-refractivity contribution in [3.05, 3.63) is 82.9 Å². The van der Waals surface area contributed by atoms with E-state index in [4.69, 9.17) is 0 Å². The van der Waals surface area contributed by atoms with E-state index in [9.17, 15) is 35.9 Å². The molecule has 0 saturated heterocycles. The highest BCUT2D eigenvalue weighted by molar-refractivity contribution is 6.16. The predicted molar refractivity (Wildman–Crippen MR) is 105 cm³/mol. The molecule has 0 saturated carbocycles. The Morgan fingerprint density at radius 3 is 1.29 bits per heavy atom. The highest BCUT2D eigenvalue weighted by Gasteiger charge is 2.35. The van der Waals surface area contributed by atoms with Gasteiger partial charge in [0.2, 0.25) is 0 Å². The standard InChI is InChI=1S/C23H18F6O2/c1-21(2,19(30)13-11-15-7-3-5-9-17(15)22(24,25)26)20(31)14-12-16-8-4-6-10-18(16)23(27,28)29/h3-14H,1-2H3/b13-11+,14-12+. The summed E-state index contributed by atoms with van der Waals surface area (Å²) in [5, 5.41) is 0. The summed E-state index contributed by atoms with van der Waals surface area (Å²) in [7, 11) is 0. The molecule has 0 fully saturated rings. The van der Waals surface area contributed by atoms with Crippen LogP contribution in [0.15, 0.2) is 60.7 Å². The number of hydrogen-bond acceptors (Lipinski definition) is 2. The Labute approximate surface area is 174 Å². The highest BCUT2D eigenvalue weighted by Crippen LogP contribution is 2.34. The average molecular weight is 440 g/mol. The SMILES string of the molecule is CC(C)(C(=O)/C=C/c1ccccc1C(F)(F)F)C(=O)/C=C/c1ccccc1C(F)(F)F. The lowest BCUT2D eigenvalue weighted by molar-refractivity contribution is -0.138. The molecule has 164 valence electrons. The molecule has 0 heterocycles. The van der Waals surface area contributed by atoms with Gasteiger partial charge in [0, 0.05) is 0 Å². The minimum atomic E-state index is -4.62. The second-order valence-corrected chi connectivity index (χ2v) is 7.19. The number of rotatable bonds is 6. The lowest BCUT2D eigenvalue weighted by Gasteiger charge is -2.18. The Hall–Kier alpha value is -3.16. The average Bonchev–Trinajstić information content (AvgIpc) is 2.69. The fraction of sp³-hybridized carbons (Fsp3) is 0.217. The normalized spacial score (nSPS) is 13.2. The molecular formula is C23H18F6O2. The van der Waals surface area contributed by atoms with Crippen LogP contribution in [-0.2, 0) is 21.9 Å². The number of halogens is 6. The van der Waals surface area contributed by atoms with Gasteiger partial charge in [0.25, 0.3) is 0 Å². The van der Waals surface area contributed by atoms with Gasteiger partial charge < -0.3 is 0 Å². The van der Waals surface area contributed by atoms with Crippen molar-refractivity contribution in [3.63, 3.8) is 0 Å². The lowest BCUT2D eigenvalue weighted by atomic mass is 9.82. The zero-order valence-electron chi connectivity index (χ0n) is 16.5. The van der Waals surface area contributed by atoms with Gasteiger partial charge in [-0.25, -0.2) is 0 Å². The van der Waals surface area contributed by atoms with Crippen molar-refractivity contribution in [2.45, 2.75) is 26.2 Å². The van der Waals surface area contributed by atoms with Crippen LogP contribution in [0.4, 0.5) is 26.3 Å². The molecule has 0 aromatic heterocycles. The fourth-order valence-electron chi connectivity index (χ4n) is 2.67. The number of carbonyl (C=O) groups excluding carboxylic acids is 2. The molecule has 31 heavy (non-hydrogen) atoms. The van der Waals surface area contributed by atoms with Gasteiger partial charge in [0.1, 0.15) is 0 Å². The molecule has 2 rings (SSSR count). The van der Waals surface area contributed by atoms with E-state index in [0.717, 1.165) is 36.4 Å². The zero-order valence-corrected chi connectivity index (χ0v) is 16.5. The number of benzene rings is 2. The van der Waals surface area contributed by atoms with Crippen molar-refractivity contribution < 1.29 is 35.9 Å². The van der Waals surface area contributed by atoms with E-state index in [-0.39, 0.29) is 11.1 Å². The molecule has 0 aliphatic heterocycles. The number of ketones is 2. The van der Waals surface area contributed by atoms with Crippen molar-refractivity contribution in [2.24, 2.45) is 5.41 Å². The molecule has 0 aliphatic carbocycles. The van der Waals surface area contributed by atoms with Gasteiger partial charge in [-0.05, 0) is 49.3 Å². The molecule has 0 unspecified atom stereocenters. The molecule has 0 N–H and O–H groups in total. The van der Waals surface area contributed by atoms with Crippen molar-refractivity contribution in [1.29, 1.82) is 0 Å². The summed E-state index contributed by atoms with van der Waals surface area (Å²) in [6.45, 7) is 2.50. The van der Waals surface area contributed by atoms with Crippen LogP contribution in [0.1, 0.15) is 36.1 Å². The van der Waals surface area contributed by atoms with Gasteiger partial charge in [-0.2, -0.15) is 26.3 Å². The summed E-state index contributed by atoms with van der Waals surface area (Å²) < 4.78 is 78.3. The van der Waals surface area contributed by atoms with Crippen molar-refractivity contribution in [3.8, 4) is 0 Å². The molecular weight excluding hydrogens is 422 g/mol. The second-order valence-electron chi connectivity index (χ2n) is 7.19. The summed E-state index contributed by atoms with van der Waals surface area (Å²) in [5.74, 6) is -1.58. The number of carbonyl (C=O) groups is 2. The third-order valence-electron chi connectivity index (χ3n) is 4.59. The van der Waals surface area contributed by atoms with Crippen molar-refractivity contribution >= 4 is 23.7 Å². The molecule has 2 aromatic rings. The minimum absolute atomic E-state index is 0.249. The topological polar surface area (TPSA) is 34.1 Å². The molecule has 0 atom stereocenters. The van der Waals surface area contributed by atoms with Crippen LogP contribution >= 0.6 is 0 Å². The van der Waals surface area contributed by atoms with E-state index in [1.165, 1.54) is 50.2 Å². The molecule has 8 heteroatoms. The van der Waals surface area contributed by atoms with Crippen LogP contribution in [0.3, 0.4) is 0 Å². The smallest absolute Gasteiger partial charge is 0.294 e. The van der Waals surface area contributed by atoms with E-state index < -0.39 is 40.5 Å². The molecule has 0 bridgehead atoms.